The third-order valence-corrected chi connectivity index (χ3v) is 6.59. The summed E-state index contributed by atoms with van der Waals surface area (Å²) in [6.07, 6.45) is 1.08. The van der Waals surface area contributed by atoms with E-state index in [1.807, 2.05) is 25.1 Å². The Kier molecular flexibility index (Phi) is 4.86. The number of benzene rings is 2. The number of para-hydroxylation sites is 1. The van der Waals surface area contributed by atoms with E-state index < -0.39 is 10.0 Å². The predicted octanol–water partition coefficient (Wildman–Crippen LogP) is 3.93. The number of carbonyl (C=O) groups is 1. The summed E-state index contributed by atoms with van der Waals surface area (Å²) in [5.74, 6) is 0.192. The van der Waals surface area contributed by atoms with Gasteiger partial charge in [0.15, 0.2) is 5.13 Å². The normalized spacial score (nSPS) is 14.8. The fourth-order valence-electron chi connectivity index (χ4n) is 2.96. The van der Waals surface area contributed by atoms with Crippen molar-refractivity contribution in [3.8, 4) is 0 Å². The molecule has 9 heteroatoms. The van der Waals surface area contributed by atoms with E-state index in [9.17, 15) is 13.2 Å². The van der Waals surface area contributed by atoms with Crippen LogP contribution in [0.15, 0.2) is 51.8 Å². The summed E-state index contributed by atoms with van der Waals surface area (Å²) in [4.78, 5) is 16.8. The molecule has 2 aromatic carbocycles. The van der Waals surface area contributed by atoms with Crippen molar-refractivity contribution in [2.45, 2.75) is 31.1 Å². The van der Waals surface area contributed by atoms with Gasteiger partial charge < -0.3 is 10.6 Å². The molecule has 0 saturated heterocycles. The molecule has 1 aromatic heterocycles. The maximum absolute atomic E-state index is 12.2. The first-order chi connectivity index (χ1) is 13.4. The van der Waals surface area contributed by atoms with Crippen LogP contribution in [-0.2, 0) is 14.8 Å². The molecule has 2 heterocycles. The van der Waals surface area contributed by atoms with Crippen LogP contribution in [0.2, 0.25) is 0 Å². The number of amidine groups is 1. The Bertz CT molecular complexity index is 1200. The van der Waals surface area contributed by atoms with E-state index in [1.54, 1.807) is 18.2 Å². The molecule has 144 valence electrons. The van der Waals surface area contributed by atoms with E-state index >= 15 is 0 Å². The highest BCUT2D eigenvalue weighted by molar-refractivity contribution is 7.90. The number of fused-ring (bicyclic) bond motifs is 2. The minimum absolute atomic E-state index is 0.157. The van der Waals surface area contributed by atoms with Gasteiger partial charge in [-0.15, -0.1) is 4.40 Å². The number of aryl methyl sites for hydroxylation is 1. The number of rotatable bonds is 5. The molecule has 0 bridgehead atoms. The molecule has 0 radical (unpaired) electrons. The average Bonchev–Trinajstić information content (AvgIpc) is 3.02. The van der Waals surface area contributed by atoms with E-state index in [2.05, 4.69) is 20.0 Å². The number of sulfonamides is 1. The number of nitrogens with one attached hydrogen (secondary N) is 2. The highest BCUT2D eigenvalue weighted by Gasteiger charge is 2.24. The number of hydrogen-bond acceptors (Lipinski definition) is 6. The molecule has 1 aliphatic heterocycles. The zero-order valence-corrected chi connectivity index (χ0v) is 16.7. The largest absolute Gasteiger partial charge is 0.342 e. The number of amides is 1. The second kappa shape index (κ2) is 7.33. The smallest absolute Gasteiger partial charge is 0.286 e. The van der Waals surface area contributed by atoms with Gasteiger partial charge in [0.25, 0.3) is 10.0 Å². The second-order valence-corrected chi connectivity index (χ2v) is 9.13. The third kappa shape index (κ3) is 3.90. The average molecular weight is 415 g/mol. The lowest BCUT2D eigenvalue weighted by molar-refractivity contribution is -0.116. The molecule has 4 rings (SSSR count). The van der Waals surface area contributed by atoms with Crippen LogP contribution in [0, 0.1) is 6.92 Å². The number of nitrogens with zero attached hydrogens (tertiary/aromatic N) is 2. The standard InChI is InChI=1S/C19H18N4O3S2/c1-12-9-10-13-15(11-12)27-19(21-13)22-18(24)8-4-7-17-20-14-5-2-3-6-16(14)28(25,26)23-17/h2-3,5-6,9-11H,4,7-8H2,1H3,(H,20,23)(H,21,22,24). The summed E-state index contributed by atoms with van der Waals surface area (Å²) < 4.78 is 29.3. The van der Waals surface area contributed by atoms with E-state index in [0.29, 0.717) is 29.5 Å². The summed E-state index contributed by atoms with van der Waals surface area (Å²) >= 11 is 1.43. The Morgan fingerprint density at radius 2 is 2.04 bits per heavy atom. The Hall–Kier alpha value is -2.78. The van der Waals surface area contributed by atoms with Gasteiger partial charge in [0.2, 0.25) is 5.91 Å². The first-order valence-electron chi connectivity index (χ1n) is 8.78. The summed E-state index contributed by atoms with van der Waals surface area (Å²) in [6, 6.07) is 12.6. The van der Waals surface area contributed by atoms with Crippen molar-refractivity contribution in [2.24, 2.45) is 4.40 Å². The molecule has 7 nitrogen and oxygen atoms in total. The highest BCUT2D eigenvalue weighted by atomic mass is 32.2. The lowest BCUT2D eigenvalue weighted by Gasteiger charge is -2.17. The summed E-state index contributed by atoms with van der Waals surface area (Å²) in [7, 11) is -3.69. The maximum Gasteiger partial charge on any atom is 0.286 e. The molecule has 1 aliphatic rings. The van der Waals surface area contributed by atoms with Crippen molar-refractivity contribution < 1.29 is 13.2 Å². The Morgan fingerprint density at radius 3 is 2.89 bits per heavy atom. The van der Waals surface area contributed by atoms with Crippen LogP contribution in [0.5, 0.6) is 0 Å². The molecule has 1 amide bonds. The maximum atomic E-state index is 12.2. The lowest BCUT2D eigenvalue weighted by atomic mass is 10.2. The summed E-state index contributed by atoms with van der Waals surface area (Å²) in [6.45, 7) is 2.01. The van der Waals surface area contributed by atoms with Crippen molar-refractivity contribution in [1.29, 1.82) is 0 Å². The van der Waals surface area contributed by atoms with Crippen molar-refractivity contribution in [2.75, 3.05) is 10.6 Å². The van der Waals surface area contributed by atoms with Crippen LogP contribution >= 0.6 is 11.3 Å². The minimum atomic E-state index is -3.69. The van der Waals surface area contributed by atoms with Crippen LogP contribution < -0.4 is 10.6 Å². The summed E-state index contributed by atoms with van der Waals surface area (Å²) in [5, 5.41) is 6.40. The molecule has 3 aromatic rings. The van der Waals surface area contributed by atoms with Gasteiger partial charge in [-0.05, 0) is 43.2 Å². The molecule has 0 spiro atoms. The minimum Gasteiger partial charge on any atom is -0.342 e. The van der Waals surface area contributed by atoms with Gasteiger partial charge in [0.05, 0.1) is 15.9 Å². The Balaban J connectivity index is 1.35. The number of anilines is 2. The van der Waals surface area contributed by atoms with Crippen LogP contribution in [-0.4, -0.2) is 25.1 Å². The van der Waals surface area contributed by atoms with Crippen LogP contribution in [0.4, 0.5) is 10.8 Å². The van der Waals surface area contributed by atoms with Crippen molar-refractivity contribution in [3.05, 3.63) is 48.0 Å². The van der Waals surface area contributed by atoms with Gasteiger partial charge in [0.1, 0.15) is 10.7 Å². The van der Waals surface area contributed by atoms with Gasteiger partial charge in [0, 0.05) is 12.8 Å². The second-order valence-electron chi connectivity index (χ2n) is 6.53. The van der Waals surface area contributed by atoms with Crippen LogP contribution in [0.25, 0.3) is 10.2 Å². The van der Waals surface area contributed by atoms with Gasteiger partial charge in [-0.3, -0.25) is 4.79 Å². The third-order valence-electron chi connectivity index (χ3n) is 4.28. The fourth-order valence-corrected chi connectivity index (χ4v) is 5.11. The highest BCUT2D eigenvalue weighted by Crippen LogP contribution is 2.28. The molecule has 0 aliphatic carbocycles. The molecule has 0 saturated carbocycles. The van der Waals surface area contributed by atoms with Gasteiger partial charge in [-0.2, -0.15) is 8.42 Å². The topological polar surface area (TPSA) is 101 Å². The quantitative estimate of drug-likeness (QED) is 0.659. The van der Waals surface area contributed by atoms with Crippen molar-refractivity contribution in [1.82, 2.24) is 4.98 Å². The number of carbonyl (C=O) groups excluding carboxylic acids is 1. The Morgan fingerprint density at radius 1 is 1.21 bits per heavy atom. The predicted molar refractivity (Wildman–Crippen MR) is 112 cm³/mol. The van der Waals surface area contributed by atoms with Gasteiger partial charge >= 0.3 is 0 Å². The number of aromatic nitrogens is 1. The van der Waals surface area contributed by atoms with Gasteiger partial charge in [-0.1, -0.05) is 29.5 Å². The van der Waals surface area contributed by atoms with Crippen LogP contribution in [0.3, 0.4) is 0 Å². The SMILES string of the molecule is Cc1ccc2nc(NC(=O)CCCC3=NS(=O)(=O)c4ccccc4N3)sc2c1. The summed E-state index contributed by atoms with van der Waals surface area (Å²) in [5.41, 5.74) is 2.52. The Labute approximate surface area is 166 Å². The first kappa shape index (κ1) is 18.6. The van der Waals surface area contributed by atoms with E-state index in [-0.39, 0.29) is 17.2 Å². The number of hydrogen-bond donors (Lipinski definition) is 2. The molecular weight excluding hydrogens is 396 g/mol. The van der Waals surface area contributed by atoms with Crippen molar-refractivity contribution >= 4 is 54.1 Å². The van der Waals surface area contributed by atoms with E-state index in [0.717, 1.165) is 15.8 Å². The molecule has 28 heavy (non-hydrogen) atoms. The molecule has 0 fully saturated rings. The van der Waals surface area contributed by atoms with E-state index in [4.69, 9.17) is 0 Å². The monoisotopic (exact) mass is 414 g/mol. The number of thiazole rings is 1. The molecular formula is C19H18N4O3S2. The first-order valence-corrected chi connectivity index (χ1v) is 11.0. The molecule has 2 N–H and O–H groups in total. The van der Waals surface area contributed by atoms with Crippen molar-refractivity contribution in [3.63, 3.8) is 0 Å². The zero-order chi connectivity index (χ0) is 19.7. The molecule has 0 atom stereocenters. The van der Waals surface area contributed by atoms with Crippen LogP contribution in [0.1, 0.15) is 24.8 Å². The molecule has 0 unspecified atom stereocenters. The lowest BCUT2D eigenvalue weighted by Crippen LogP contribution is -2.22. The van der Waals surface area contributed by atoms with Gasteiger partial charge in [-0.25, -0.2) is 4.98 Å². The van der Waals surface area contributed by atoms with E-state index in [1.165, 1.54) is 17.4 Å². The fraction of sp³-hybridized carbons (Fsp3) is 0.211. The zero-order valence-electron chi connectivity index (χ0n) is 15.1.